The maximum Gasteiger partial charge on any atom is 0.244 e. The van der Waals surface area contributed by atoms with Crippen molar-refractivity contribution < 1.29 is 14.0 Å². The number of ether oxygens (including phenoxy) is 2. The molecule has 2 aliphatic rings. The molecule has 6 heteroatoms. The average Bonchev–Trinajstić information content (AvgIpc) is 3.47. The Morgan fingerprint density at radius 2 is 2.00 bits per heavy atom. The zero-order valence-corrected chi connectivity index (χ0v) is 17.8. The van der Waals surface area contributed by atoms with E-state index in [1.165, 1.54) is 29.5 Å². The quantitative estimate of drug-likeness (QED) is 0.502. The molecule has 5 rings (SSSR count). The number of benzene rings is 2. The highest BCUT2D eigenvalue weighted by molar-refractivity contribution is 5.39. The van der Waals surface area contributed by atoms with E-state index in [9.17, 15) is 0 Å². The fraction of sp³-hybridized carbons (Fsp3) is 0.440. The molecular weight excluding hydrogens is 390 g/mol. The third kappa shape index (κ3) is 4.97. The van der Waals surface area contributed by atoms with Gasteiger partial charge in [0, 0.05) is 19.4 Å². The fourth-order valence-electron chi connectivity index (χ4n) is 4.46. The topological polar surface area (TPSA) is 60.6 Å². The summed E-state index contributed by atoms with van der Waals surface area (Å²) in [5, 5.41) is 4.22. The molecule has 0 bridgehead atoms. The Morgan fingerprint density at radius 1 is 1.06 bits per heavy atom. The van der Waals surface area contributed by atoms with E-state index >= 15 is 0 Å². The third-order valence-corrected chi connectivity index (χ3v) is 6.10. The first-order valence-corrected chi connectivity index (χ1v) is 11.3. The van der Waals surface area contributed by atoms with Gasteiger partial charge in [-0.15, -0.1) is 0 Å². The van der Waals surface area contributed by atoms with E-state index in [0.717, 1.165) is 50.0 Å². The Hall–Kier alpha value is -2.70. The fourth-order valence-corrected chi connectivity index (χ4v) is 4.46. The van der Waals surface area contributed by atoms with Gasteiger partial charge in [-0.05, 0) is 42.1 Å². The summed E-state index contributed by atoms with van der Waals surface area (Å²) in [6, 6.07) is 17.0. The zero-order valence-electron chi connectivity index (χ0n) is 17.8. The Bertz CT molecular complexity index is 989. The maximum atomic E-state index is 5.77. The summed E-state index contributed by atoms with van der Waals surface area (Å²) < 4.78 is 17.1. The molecule has 1 unspecified atom stereocenters. The monoisotopic (exact) mass is 419 g/mol. The number of nitrogens with zero attached hydrogens (tertiary/aromatic N) is 3. The molecule has 0 aliphatic carbocycles. The minimum Gasteiger partial charge on any atom is -0.493 e. The summed E-state index contributed by atoms with van der Waals surface area (Å²) in [6.45, 7) is 3.93. The van der Waals surface area contributed by atoms with Crippen molar-refractivity contribution in [2.45, 2.75) is 51.3 Å². The van der Waals surface area contributed by atoms with Crippen molar-refractivity contribution in [3.63, 3.8) is 0 Å². The molecule has 6 nitrogen and oxygen atoms in total. The lowest BCUT2D eigenvalue weighted by Crippen LogP contribution is -2.33. The number of hydrogen-bond acceptors (Lipinski definition) is 6. The molecule has 0 amide bonds. The van der Waals surface area contributed by atoms with E-state index in [2.05, 4.69) is 40.4 Å². The van der Waals surface area contributed by atoms with E-state index < -0.39 is 0 Å². The van der Waals surface area contributed by atoms with Crippen molar-refractivity contribution in [2.75, 3.05) is 19.8 Å². The summed E-state index contributed by atoms with van der Waals surface area (Å²) in [5.41, 5.74) is 3.82. The van der Waals surface area contributed by atoms with Crippen molar-refractivity contribution in [1.82, 2.24) is 15.0 Å². The van der Waals surface area contributed by atoms with Crippen molar-refractivity contribution in [3.05, 3.63) is 76.9 Å². The number of hydrogen-bond donors (Lipinski definition) is 0. The SMILES string of the molecule is c1ccc(COCCc2noc(C3CCCCN3Cc3ccc4c(c3)CCO4)n2)cc1. The third-order valence-electron chi connectivity index (χ3n) is 6.10. The molecule has 1 fully saturated rings. The van der Waals surface area contributed by atoms with Crippen LogP contribution in [0.2, 0.25) is 0 Å². The normalized spacial score (nSPS) is 18.6. The number of piperidine rings is 1. The predicted molar refractivity (Wildman–Crippen MR) is 117 cm³/mol. The summed E-state index contributed by atoms with van der Waals surface area (Å²) in [6.07, 6.45) is 5.12. The van der Waals surface area contributed by atoms with Crippen LogP contribution in [0, 0.1) is 0 Å². The molecule has 0 N–H and O–H groups in total. The number of rotatable bonds is 8. The molecule has 3 heterocycles. The standard InChI is InChI=1S/C25H29N3O3/c1-2-6-19(7-3-1)18-29-14-12-24-26-25(31-27-24)22-8-4-5-13-28(22)17-20-9-10-23-21(16-20)11-15-30-23/h1-3,6-7,9-10,16,22H,4-5,8,11-15,17-18H2. The first-order chi connectivity index (χ1) is 15.3. The van der Waals surface area contributed by atoms with Crippen molar-refractivity contribution >= 4 is 0 Å². The van der Waals surface area contributed by atoms with Gasteiger partial charge in [0.2, 0.25) is 5.89 Å². The minimum absolute atomic E-state index is 0.185. The lowest BCUT2D eigenvalue weighted by atomic mass is 10.0. The molecule has 1 saturated heterocycles. The average molecular weight is 420 g/mol. The van der Waals surface area contributed by atoms with E-state index in [4.69, 9.17) is 19.0 Å². The van der Waals surface area contributed by atoms with Gasteiger partial charge in [0.15, 0.2) is 5.82 Å². The smallest absolute Gasteiger partial charge is 0.244 e. The van der Waals surface area contributed by atoms with Gasteiger partial charge in [0.1, 0.15) is 5.75 Å². The molecule has 31 heavy (non-hydrogen) atoms. The van der Waals surface area contributed by atoms with Crippen LogP contribution >= 0.6 is 0 Å². The highest BCUT2D eigenvalue weighted by Gasteiger charge is 2.29. The summed E-state index contributed by atoms with van der Waals surface area (Å²) in [5.74, 6) is 2.50. The summed E-state index contributed by atoms with van der Waals surface area (Å²) in [7, 11) is 0. The number of likely N-dealkylation sites (tertiary alicyclic amines) is 1. The molecular formula is C25H29N3O3. The van der Waals surface area contributed by atoms with Crippen LogP contribution < -0.4 is 4.74 Å². The van der Waals surface area contributed by atoms with Crippen LogP contribution in [0.25, 0.3) is 0 Å². The molecule has 0 radical (unpaired) electrons. The van der Waals surface area contributed by atoms with E-state index in [0.29, 0.717) is 19.6 Å². The van der Waals surface area contributed by atoms with E-state index in [1.807, 2.05) is 18.2 Å². The Morgan fingerprint density at radius 3 is 2.94 bits per heavy atom. The van der Waals surface area contributed by atoms with Crippen molar-refractivity contribution in [2.24, 2.45) is 0 Å². The lowest BCUT2D eigenvalue weighted by molar-refractivity contribution is 0.111. The Balaban J connectivity index is 1.18. The Kier molecular flexibility index (Phi) is 6.27. The number of aromatic nitrogens is 2. The molecule has 1 aromatic heterocycles. The predicted octanol–water partition coefficient (Wildman–Crippen LogP) is 4.49. The van der Waals surface area contributed by atoms with E-state index in [-0.39, 0.29) is 6.04 Å². The van der Waals surface area contributed by atoms with Crippen LogP contribution in [-0.4, -0.2) is 34.8 Å². The summed E-state index contributed by atoms with van der Waals surface area (Å²) >= 11 is 0. The second kappa shape index (κ2) is 9.62. The lowest BCUT2D eigenvalue weighted by Gasteiger charge is -2.33. The maximum absolute atomic E-state index is 5.77. The van der Waals surface area contributed by atoms with Crippen molar-refractivity contribution in [3.8, 4) is 5.75 Å². The second-order valence-corrected chi connectivity index (χ2v) is 8.36. The van der Waals surface area contributed by atoms with Gasteiger partial charge in [-0.2, -0.15) is 4.98 Å². The molecule has 2 aliphatic heterocycles. The Labute approximate surface area is 183 Å². The highest BCUT2D eigenvalue weighted by atomic mass is 16.5. The van der Waals surface area contributed by atoms with Gasteiger partial charge >= 0.3 is 0 Å². The van der Waals surface area contributed by atoms with Crippen molar-refractivity contribution in [1.29, 1.82) is 0 Å². The minimum atomic E-state index is 0.185. The van der Waals surface area contributed by atoms with Gasteiger partial charge in [0.25, 0.3) is 0 Å². The van der Waals surface area contributed by atoms with Gasteiger partial charge in [-0.1, -0.05) is 54.0 Å². The van der Waals surface area contributed by atoms with Crippen LogP contribution in [0.1, 0.15) is 53.7 Å². The van der Waals surface area contributed by atoms with Crippen LogP contribution in [0.3, 0.4) is 0 Å². The van der Waals surface area contributed by atoms with Crippen LogP contribution in [0.15, 0.2) is 53.1 Å². The molecule has 0 spiro atoms. The second-order valence-electron chi connectivity index (χ2n) is 8.36. The van der Waals surface area contributed by atoms with Crippen LogP contribution in [-0.2, 0) is 30.7 Å². The highest BCUT2D eigenvalue weighted by Crippen LogP contribution is 2.33. The van der Waals surface area contributed by atoms with Crippen LogP contribution in [0.5, 0.6) is 5.75 Å². The molecule has 162 valence electrons. The number of fused-ring (bicyclic) bond motifs is 1. The zero-order chi connectivity index (χ0) is 20.9. The first-order valence-electron chi connectivity index (χ1n) is 11.3. The van der Waals surface area contributed by atoms with E-state index in [1.54, 1.807) is 0 Å². The van der Waals surface area contributed by atoms with Gasteiger partial charge < -0.3 is 14.0 Å². The van der Waals surface area contributed by atoms with Gasteiger partial charge in [0.05, 0.1) is 25.9 Å². The molecule has 3 aromatic rings. The van der Waals surface area contributed by atoms with Gasteiger partial charge in [-0.3, -0.25) is 4.90 Å². The molecule has 2 aromatic carbocycles. The molecule has 1 atom stereocenters. The summed E-state index contributed by atoms with van der Waals surface area (Å²) in [4.78, 5) is 7.19. The first kappa shape index (κ1) is 20.2. The van der Waals surface area contributed by atoms with Crippen LogP contribution in [0.4, 0.5) is 0 Å². The largest absolute Gasteiger partial charge is 0.493 e. The molecule has 0 saturated carbocycles. The van der Waals surface area contributed by atoms with Gasteiger partial charge in [-0.25, -0.2) is 0 Å².